The van der Waals surface area contributed by atoms with Gasteiger partial charge in [0.2, 0.25) is 5.91 Å². The van der Waals surface area contributed by atoms with Gasteiger partial charge in [-0.25, -0.2) is 0 Å². The van der Waals surface area contributed by atoms with Gasteiger partial charge in [0.05, 0.1) is 0 Å². The van der Waals surface area contributed by atoms with Gasteiger partial charge in [-0.3, -0.25) is 9.59 Å². The van der Waals surface area contributed by atoms with E-state index in [1.54, 1.807) is 0 Å². The van der Waals surface area contributed by atoms with Crippen LogP contribution in [0.5, 0.6) is 0 Å². The fraction of sp³-hybridized carbons (Fsp3) is 0.636. The summed E-state index contributed by atoms with van der Waals surface area (Å²) in [5.41, 5.74) is 1.79. The first-order valence-corrected chi connectivity index (χ1v) is 10.5. The summed E-state index contributed by atoms with van der Waals surface area (Å²) in [6.45, 7) is 5.18. The van der Waals surface area contributed by atoms with E-state index in [-0.39, 0.29) is 11.8 Å². The Balaban J connectivity index is 1.51. The Hall–Kier alpha value is -2.08. The van der Waals surface area contributed by atoms with E-state index in [1.165, 1.54) is 0 Å². The smallest absolute Gasteiger partial charge is 0.253 e. The number of piperidine rings is 1. The van der Waals surface area contributed by atoms with Crippen molar-refractivity contribution >= 4 is 17.5 Å². The largest absolute Gasteiger partial charge is 0.378 e. The van der Waals surface area contributed by atoms with E-state index in [2.05, 4.69) is 11.9 Å². The van der Waals surface area contributed by atoms with Crippen LogP contribution in [0.1, 0.15) is 36.0 Å². The van der Waals surface area contributed by atoms with Crippen LogP contribution in [0, 0.1) is 5.92 Å². The molecule has 2 aliphatic heterocycles. The second-order valence-electron chi connectivity index (χ2n) is 8.43. The molecule has 6 heteroatoms. The lowest BCUT2D eigenvalue weighted by atomic mass is 9.92. The van der Waals surface area contributed by atoms with E-state index < -0.39 is 0 Å². The highest BCUT2D eigenvalue weighted by Gasteiger charge is 2.26. The lowest BCUT2D eigenvalue weighted by molar-refractivity contribution is -0.133. The topological polar surface area (TPSA) is 47.1 Å². The summed E-state index contributed by atoms with van der Waals surface area (Å²) < 4.78 is 0. The van der Waals surface area contributed by atoms with E-state index >= 15 is 0 Å². The first-order valence-electron chi connectivity index (χ1n) is 10.5. The van der Waals surface area contributed by atoms with Crippen molar-refractivity contribution < 1.29 is 9.59 Å². The van der Waals surface area contributed by atoms with Gasteiger partial charge in [0, 0.05) is 71.0 Å². The van der Waals surface area contributed by atoms with Crippen LogP contribution in [-0.4, -0.2) is 86.9 Å². The third kappa shape index (κ3) is 5.25. The molecule has 1 aromatic rings. The molecule has 0 N–H and O–H groups in total. The van der Waals surface area contributed by atoms with E-state index in [0.29, 0.717) is 12.3 Å². The Labute approximate surface area is 169 Å². The number of likely N-dealkylation sites (N-methyl/N-ethyl adjacent to an activating group) is 1. The van der Waals surface area contributed by atoms with Crippen molar-refractivity contribution in [3.8, 4) is 0 Å². The van der Waals surface area contributed by atoms with Crippen molar-refractivity contribution in [1.29, 1.82) is 0 Å². The number of carbonyl (C=O) groups is 2. The molecule has 0 bridgehead atoms. The molecule has 0 saturated carbocycles. The Morgan fingerprint density at radius 2 is 1.82 bits per heavy atom. The van der Waals surface area contributed by atoms with Gasteiger partial charge >= 0.3 is 0 Å². The molecule has 0 radical (unpaired) electrons. The number of carbonyl (C=O) groups excluding carboxylic acids is 2. The molecule has 2 saturated heterocycles. The predicted octanol–water partition coefficient (Wildman–Crippen LogP) is 2.16. The van der Waals surface area contributed by atoms with E-state index in [1.807, 2.05) is 53.1 Å². The van der Waals surface area contributed by atoms with Gasteiger partial charge in [0.1, 0.15) is 0 Å². The monoisotopic (exact) mass is 386 g/mol. The second-order valence-corrected chi connectivity index (χ2v) is 8.43. The van der Waals surface area contributed by atoms with Crippen LogP contribution < -0.4 is 4.90 Å². The zero-order chi connectivity index (χ0) is 20.1. The van der Waals surface area contributed by atoms with Crippen molar-refractivity contribution in [2.45, 2.75) is 25.7 Å². The third-order valence-electron chi connectivity index (χ3n) is 6.04. The van der Waals surface area contributed by atoms with Crippen LogP contribution >= 0.6 is 0 Å². The quantitative estimate of drug-likeness (QED) is 0.778. The Morgan fingerprint density at radius 1 is 1.07 bits per heavy atom. The zero-order valence-electron chi connectivity index (χ0n) is 17.6. The summed E-state index contributed by atoms with van der Waals surface area (Å²) in [7, 11) is 6.07. The van der Waals surface area contributed by atoms with Crippen LogP contribution in [0.4, 0.5) is 5.69 Å². The number of hydrogen-bond donors (Lipinski definition) is 0. The fourth-order valence-electron chi connectivity index (χ4n) is 4.13. The number of anilines is 1. The highest BCUT2D eigenvalue weighted by atomic mass is 16.2. The molecule has 3 rings (SSSR count). The molecule has 2 aliphatic rings. The summed E-state index contributed by atoms with van der Waals surface area (Å²) >= 11 is 0. The van der Waals surface area contributed by atoms with Crippen LogP contribution in [-0.2, 0) is 4.79 Å². The molecule has 0 aliphatic carbocycles. The summed E-state index contributed by atoms with van der Waals surface area (Å²) in [5, 5.41) is 0. The summed E-state index contributed by atoms with van der Waals surface area (Å²) in [5.74, 6) is 0.806. The summed E-state index contributed by atoms with van der Waals surface area (Å²) in [6, 6.07) is 7.82. The van der Waals surface area contributed by atoms with Crippen molar-refractivity contribution in [1.82, 2.24) is 14.7 Å². The van der Waals surface area contributed by atoms with E-state index in [4.69, 9.17) is 0 Å². The molecule has 0 spiro atoms. The SMILES string of the molecule is CN1CCN(C(=O)CC[C@H]2CCCN(C(=O)c3cccc(N(C)C)c3)C2)CC1. The average molecular weight is 387 g/mol. The first kappa shape index (κ1) is 20.6. The molecule has 0 aromatic heterocycles. The number of benzene rings is 1. The average Bonchev–Trinajstić information content (AvgIpc) is 2.72. The molecule has 1 atom stereocenters. The van der Waals surface area contributed by atoms with Crippen molar-refractivity contribution in [2.75, 3.05) is 65.3 Å². The maximum absolute atomic E-state index is 13.0. The molecule has 6 nitrogen and oxygen atoms in total. The Morgan fingerprint density at radius 3 is 2.54 bits per heavy atom. The maximum atomic E-state index is 13.0. The molecular weight excluding hydrogens is 352 g/mol. The van der Waals surface area contributed by atoms with Crippen molar-refractivity contribution in [3.05, 3.63) is 29.8 Å². The minimum Gasteiger partial charge on any atom is -0.378 e. The number of rotatable bonds is 5. The zero-order valence-corrected chi connectivity index (χ0v) is 17.6. The first-order chi connectivity index (χ1) is 13.4. The van der Waals surface area contributed by atoms with Gasteiger partial charge in [-0.15, -0.1) is 0 Å². The van der Waals surface area contributed by atoms with Crippen molar-refractivity contribution in [3.63, 3.8) is 0 Å². The van der Waals surface area contributed by atoms with Gasteiger partial charge in [-0.05, 0) is 50.4 Å². The molecule has 2 fully saturated rings. The number of nitrogens with zero attached hydrogens (tertiary/aromatic N) is 4. The van der Waals surface area contributed by atoms with Gasteiger partial charge < -0.3 is 19.6 Å². The summed E-state index contributed by atoms with van der Waals surface area (Å²) in [6.07, 6.45) is 3.61. The number of likely N-dealkylation sites (tertiary alicyclic amines) is 1. The van der Waals surface area contributed by atoms with Crippen molar-refractivity contribution in [2.24, 2.45) is 5.92 Å². The predicted molar refractivity (Wildman–Crippen MR) is 113 cm³/mol. The van der Waals surface area contributed by atoms with Crippen LogP contribution in [0.3, 0.4) is 0 Å². The molecular formula is C22H34N4O2. The van der Waals surface area contributed by atoms with Crippen LogP contribution in [0.25, 0.3) is 0 Å². The normalized spacial score (nSPS) is 20.9. The van der Waals surface area contributed by atoms with Gasteiger partial charge in [-0.1, -0.05) is 6.07 Å². The minimum atomic E-state index is 0.110. The van der Waals surface area contributed by atoms with Gasteiger partial charge in [0.15, 0.2) is 0 Å². The molecule has 2 heterocycles. The highest BCUT2D eigenvalue weighted by molar-refractivity contribution is 5.95. The minimum absolute atomic E-state index is 0.110. The van der Waals surface area contributed by atoms with E-state index in [0.717, 1.165) is 69.8 Å². The maximum Gasteiger partial charge on any atom is 0.253 e. The van der Waals surface area contributed by atoms with E-state index in [9.17, 15) is 9.59 Å². The Bertz CT molecular complexity index is 683. The van der Waals surface area contributed by atoms with Crippen LogP contribution in [0.2, 0.25) is 0 Å². The molecule has 2 amide bonds. The second kappa shape index (κ2) is 9.41. The number of hydrogen-bond acceptors (Lipinski definition) is 4. The Kier molecular flexibility index (Phi) is 6.94. The fourth-order valence-corrected chi connectivity index (χ4v) is 4.13. The molecule has 154 valence electrons. The molecule has 28 heavy (non-hydrogen) atoms. The lowest BCUT2D eigenvalue weighted by Crippen LogP contribution is -2.47. The lowest BCUT2D eigenvalue weighted by Gasteiger charge is -2.35. The summed E-state index contributed by atoms with van der Waals surface area (Å²) in [4.78, 5) is 33.7. The molecule has 1 aromatic carbocycles. The van der Waals surface area contributed by atoms with Gasteiger partial charge in [0.25, 0.3) is 5.91 Å². The van der Waals surface area contributed by atoms with Gasteiger partial charge in [-0.2, -0.15) is 0 Å². The standard InChI is InChI=1S/C22H34N4O2/c1-23(2)20-8-4-7-19(16-20)22(28)26-11-5-6-18(17-26)9-10-21(27)25-14-12-24(3)13-15-25/h4,7-8,16,18H,5-6,9-15,17H2,1-3H3/t18-/m1/s1. The highest BCUT2D eigenvalue weighted by Crippen LogP contribution is 2.24. The number of piperazine rings is 1. The number of amides is 2. The molecule has 0 unspecified atom stereocenters. The van der Waals surface area contributed by atoms with Crippen LogP contribution in [0.15, 0.2) is 24.3 Å². The third-order valence-corrected chi connectivity index (χ3v) is 6.04.